The molecule has 3 rings (SSSR count). The van der Waals surface area contributed by atoms with Crippen molar-refractivity contribution in [3.8, 4) is 11.5 Å². The third-order valence-corrected chi connectivity index (χ3v) is 2.71. The fourth-order valence-corrected chi connectivity index (χ4v) is 1.81. The van der Waals surface area contributed by atoms with Crippen LogP contribution in [-0.2, 0) is 6.54 Å². The van der Waals surface area contributed by atoms with E-state index in [2.05, 4.69) is 17.4 Å². The molecule has 0 saturated carbocycles. The van der Waals surface area contributed by atoms with E-state index in [-0.39, 0.29) is 0 Å². The minimum atomic E-state index is 0.317. The number of ether oxygens (including phenoxy) is 2. The molecular formula is C14H13NO2. The first-order valence-corrected chi connectivity index (χ1v) is 5.59. The van der Waals surface area contributed by atoms with E-state index in [1.807, 2.05) is 36.4 Å². The van der Waals surface area contributed by atoms with E-state index in [0.29, 0.717) is 6.79 Å². The first-order chi connectivity index (χ1) is 8.42. The molecular weight excluding hydrogens is 214 g/mol. The SMILES string of the molecule is c1ccc(CNc2ccc3c(c2)OCO3)cc1. The Morgan fingerprint density at radius 1 is 0.941 bits per heavy atom. The second-order valence-corrected chi connectivity index (χ2v) is 3.91. The molecule has 1 aliphatic heterocycles. The third-order valence-electron chi connectivity index (χ3n) is 2.71. The van der Waals surface area contributed by atoms with E-state index in [4.69, 9.17) is 9.47 Å². The average molecular weight is 227 g/mol. The highest BCUT2D eigenvalue weighted by molar-refractivity contribution is 5.55. The molecule has 0 amide bonds. The third kappa shape index (κ3) is 2.18. The summed E-state index contributed by atoms with van der Waals surface area (Å²) in [4.78, 5) is 0. The van der Waals surface area contributed by atoms with E-state index in [1.54, 1.807) is 0 Å². The minimum Gasteiger partial charge on any atom is -0.454 e. The molecule has 0 radical (unpaired) electrons. The molecule has 17 heavy (non-hydrogen) atoms. The van der Waals surface area contributed by atoms with Gasteiger partial charge in [0.05, 0.1) is 0 Å². The second-order valence-electron chi connectivity index (χ2n) is 3.91. The van der Waals surface area contributed by atoms with E-state index in [9.17, 15) is 0 Å². The Hall–Kier alpha value is -2.16. The van der Waals surface area contributed by atoms with Gasteiger partial charge in [-0.3, -0.25) is 0 Å². The standard InChI is InChI=1S/C14H13NO2/c1-2-4-11(5-3-1)9-15-12-6-7-13-14(8-12)17-10-16-13/h1-8,15H,9-10H2. The molecule has 2 aromatic carbocycles. The lowest BCUT2D eigenvalue weighted by atomic mass is 10.2. The van der Waals surface area contributed by atoms with Crippen LogP contribution in [0.25, 0.3) is 0 Å². The quantitative estimate of drug-likeness (QED) is 0.874. The van der Waals surface area contributed by atoms with Crippen molar-refractivity contribution in [1.29, 1.82) is 0 Å². The number of hydrogen-bond acceptors (Lipinski definition) is 3. The van der Waals surface area contributed by atoms with Gasteiger partial charge in [0, 0.05) is 18.3 Å². The Morgan fingerprint density at radius 2 is 1.76 bits per heavy atom. The number of rotatable bonds is 3. The van der Waals surface area contributed by atoms with Crippen molar-refractivity contribution >= 4 is 5.69 Å². The molecule has 1 aliphatic rings. The molecule has 86 valence electrons. The van der Waals surface area contributed by atoms with Crippen LogP contribution in [0.3, 0.4) is 0 Å². The summed E-state index contributed by atoms with van der Waals surface area (Å²) in [6.45, 7) is 1.12. The van der Waals surface area contributed by atoms with Crippen molar-refractivity contribution in [3.63, 3.8) is 0 Å². The number of hydrogen-bond donors (Lipinski definition) is 1. The minimum absolute atomic E-state index is 0.317. The van der Waals surface area contributed by atoms with Crippen LogP contribution in [0.5, 0.6) is 11.5 Å². The Morgan fingerprint density at radius 3 is 2.65 bits per heavy atom. The number of benzene rings is 2. The van der Waals surface area contributed by atoms with Crippen LogP contribution in [0.4, 0.5) is 5.69 Å². The molecule has 0 saturated heterocycles. The molecule has 2 aromatic rings. The summed E-state index contributed by atoms with van der Waals surface area (Å²) >= 11 is 0. The molecule has 0 fully saturated rings. The van der Waals surface area contributed by atoms with Gasteiger partial charge in [0.15, 0.2) is 11.5 Å². The van der Waals surface area contributed by atoms with Crippen LogP contribution in [-0.4, -0.2) is 6.79 Å². The maximum atomic E-state index is 5.33. The van der Waals surface area contributed by atoms with Crippen molar-refractivity contribution in [2.75, 3.05) is 12.1 Å². The van der Waals surface area contributed by atoms with E-state index in [1.165, 1.54) is 5.56 Å². The van der Waals surface area contributed by atoms with Crippen LogP contribution < -0.4 is 14.8 Å². The van der Waals surface area contributed by atoms with Gasteiger partial charge in [-0.1, -0.05) is 30.3 Å². The van der Waals surface area contributed by atoms with Gasteiger partial charge in [0.1, 0.15) is 0 Å². The Labute approximate surface area is 100.0 Å². The summed E-state index contributed by atoms with van der Waals surface area (Å²) in [7, 11) is 0. The lowest BCUT2D eigenvalue weighted by molar-refractivity contribution is 0.174. The maximum Gasteiger partial charge on any atom is 0.231 e. The molecule has 1 N–H and O–H groups in total. The summed E-state index contributed by atoms with van der Waals surface area (Å²) in [5.41, 5.74) is 2.29. The number of fused-ring (bicyclic) bond motifs is 1. The molecule has 3 heteroatoms. The maximum absolute atomic E-state index is 5.33. The zero-order valence-corrected chi connectivity index (χ0v) is 9.35. The van der Waals surface area contributed by atoms with Crippen LogP contribution in [0.2, 0.25) is 0 Å². The first kappa shape index (κ1) is 10.0. The predicted octanol–water partition coefficient (Wildman–Crippen LogP) is 3.03. The van der Waals surface area contributed by atoms with Crippen LogP contribution >= 0.6 is 0 Å². The fourth-order valence-electron chi connectivity index (χ4n) is 1.81. The zero-order chi connectivity index (χ0) is 11.5. The van der Waals surface area contributed by atoms with Gasteiger partial charge in [0.25, 0.3) is 0 Å². The van der Waals surface area contributed by atoms with Crippen LogP contribution in [0.15, 0.2) is 48.5 Å². The lowest BCUT2D eigenvalue weighted by Gasteiger charge is -2.07. The molecule has 0 unspecified atom stereocenters. The normalized spacial score (nSPS) is 12.5. The topological polar surface area (TPSA) is 30.5 Å². The van der Waals surface area contributed by atoms with Crippen molar-refractivity contribution in [3.05, 3.63) is 54.1 Å². The van der Waals surface area contributed by atoms with Gasteiger partial charge in [0.2, 0.25) is 6.79 Å². The van der Waals surface area contributed by atoms with E-state index < -0.39 is 0 Å². The highest BCUT2D eigenvalue weighted by Crippen LogP contribution is 2.34. The molecule has 1 heterocycles. The monoisotopic (exact) mass is 227 g/mol. The lowest BCUT2D eigenvalue weighted by Crippen LogP contribution is -1.98. The Balaban J connectivity index is 1.70. The van der Waals surface area contributed by atoms with Gasteiger partial charge >= 0.3 is 0 Å². The van der Waals surface area contributed by atoms with Crippen molar-refractivity contribution in [2.24, 2.45) is 0 Å². The van der Waals surface area contributed by atoms with Crippen molar-refractivity contribution in [1.82, 2.24) is 0 Å². The highest BCUT2D eigenvalue weighted by Gasteiger charge is 2.12. The summed E-state index contributed by atoms with van der Waals surface area (Å²) in [5.74, 6) is 1.62. The molecule has 0 bridgehead atoms. The smallest absolute Gasteiger partial charge is 0.231 e. The fraction of sp³-hybridized carbons (Fsp3) is 0.143. The predicted molar refractivity (Wildman–Crippen MR) is 66.3 cm³/mol. The molecule has 0 spiro atoms. The zero-order valence-electron chi connectivity index (χ0n) is 9.35. The first-order valence-electron chi connectivity index (χ1n) is 5.59. The molecule has 0 aliphatic carbocycles. The van der Waals surface area contributed by atoms with E-state index >= 15 is 0 Å². The Bertz CT molecular complexity index is 511. The number of anilines is 1. The van der Waals surface area contributed by atoms with Gasteiger partial charge in [-0.25, -0.2) is 0 Å². The summed E-state index contributed by atoms with van der Waals surface area (Å²) < 4.78 is 10.6. The Kier molecular flexibility index (Phi) is 2.58. The summed E-state index contributed by atoms with van der Waals surface area (Å²) in [5, 5.41) is 3.36. The summed E-state index contributed by atoms with van der Waals surface area (Å²) in [6, 6.07) is 16.2. The van der Waals surface area contributed by atoms with Crippen LogP contribution in [0, 0.1) is 0 Å². The largest absolute Gasteiger partial charge is 0.454 e. The van der Waals surface area contributed by atoms with Gasteiger partial charge < -0.3 is 14.8 Å². The number of nitrogens with one attached hydrogen (secondary N) is 1. The summed E-state index contributed by atoms with van der Waals surface area (Å²) in [6.07, 6.45) is 0. The molecule has 0 aromatic heterocycles. The highest BCUT2D eigenvalue weighted by atomic mass is 16.7. The van der Waals surface area contributed by atoms with Crippen molar-refractivity contribution < 1.29 is 9.47 Å². The van der Waals surface area contributed by atoms with E-state index in [0.717, 1.165) is 23.7 Å². The van der Waals surface area contributed by atoms with Gasteiger partial charge in [-0.15, -0.1) is 0 Å². The molecule has 3 nitrogen and oxygen atoms in total. The molecule has 0 atom stereocenters. The average Bonchev–Trinajstić information content (AvgIpc) is 2.85. The van der Waals surface area contributed by atoms with Gasteiger partial charge in [-0.05, 0) is 17.7 Å². The van der Waals surface area contributed by atoms with Gasteiger partial charge in [-0.2, -0.15) is 0 Å². The van der Waals surface area contributed by atoms with Crippen LogP contribution in [0.1, 0.15) is 5.56 Å². The second kappa shape index (κ2) is 4.37. The van der Waals surface area contributed by atoms with Crippen molar-refractivity contribution in [2.45, 2.75) is 6.54 Å².